The summed E-state index contributed by atoms with van der Waals surface area (Å²) in [4.78, 5) is 30.9. The second-order valence-electron chi connectivity index (χ2n) is 9.69. The second-order valence-corrected chi connectivity index (χ2v) is 11.6. The molecule has 226 valence electrons. The lowest BCUT2D eigenvalue weighted by molar-refractivity contribution is -0.149. The number of aliphatic hydroxyl groups excluding tert-OH is 1. The molecule has 1 saturated heterocycles. The Kier molecular flexibility index (Phi) is 9.29. The quantitative estimate of drug-likeness (QED) is 0.124. The van der Waals surface area contributed by atoms with E-state index >= 15 is 0 Å². The number of carbonyl (C=O) groups is 1. The Morgan fingerprint density at radius 2 is 2.07 bits per heavy atom. The highest BCUT2D eigenvalue weighted by Gasteiger charge is 2.55. The molecule has 0 bridgehead atoms. The molecule has 0 spiro atoms. The lowest BCUT2D eigenvalue weighted by Gasteiger charge is -2.28. The molecule has 14 nitrogen and oxygen atoms in total. The maximum atomic E-state index is 14.8. The van der Waals surface area contributed by atoms with Crippen LogP contribution in [0.1, 0.15) is 27.0 Å². The fraction of sp³-hybridized carbons (Fsp3) is 0.400. The largest absolute Gasteiger partial charge is 0.462 e. The van der Waals surface area contributed by atoms with Gasteiger partial charge in [-0.3, -0.25) is 23.7 Å². The smallest absolute Gasteiger partial charge is 0.459 e. The van der Waals surface area contributed by atoms with E-state index in [0.717, 1.165) is 10.8 Å². The number of para-hydroxylation sites is 1. The molecule has 0 radical (unpaired) electrons. The van der Waals surface area contributed by atoms with Crippen molar-refractivity contribution in [3.05, 3.63) is 52.7 Å². The van der Waals surface area contributed by atoms with Gasteiger partial charge in [0.1, 0.15) is 29.4 Å². The number of fused-ring (bicyclic) bond motifs is 1. The first-order chi connectivity index (χ1) is 19.8. The minimum atomic E-state index is -4.36. The van der Waals surface area contributed by atoms with Gasteiger partial charge < -0.3 is 30.6 Å². The summed E-state index contributed by atoms with van der Waals surface area (Å²) < 4.78 is 52.0. The van der Waals surface area contributed by atoms with Gasteiger partial charge in [-0.15, -0.1) is 0 Å². The van der Waals surface area contributed by atoms with Gasteiger partial charge in [-0.1, -0.05) is 24.1 Å². The number of carbonyl (C=O) groups excluding carboxylic acids is 1. The molecule has 7 N–H and O–H groups in total. The molecule has 1 aliphatic heterocycles. The van der Waals surface area contributed by atoms with Crippen molar-refractivity contribution < 1.29 is 37.4 Å². The summed E-state index contributed by atoms with van der Waals surface area (Å²) in [5.41, 5.74) is 8.99. The Hall–Kier alpha value is -3.48. The van der Waals surface area contributed by atoms with E-state index in [9.17, 15) is 23.7 Å². The van der Waals surface area contributed by atoms with Crippen molar-refractivity contribution in [2.75, 3.05) is 12.3 Å². The van der Waals surface area contributed by atoms with Crippen LogP contribution in [-0.2, 0) is 23.4 Å². The molecule has 3 aromatic rings. The Labute approximate surface area is 244 Å². The summed E-state index contributed by atoms with van der Waals surface area (Å²) in [7, 11) is -4.36. The van der Waals surface area contributed by atoms with Gasteiger partial charge in [0.05, 0.1) is 12.7 Å². The molecule has 3 heterocycles. The minimum absolute atomic E-state index is 0.146. The monoisotopic (exact) mass is 626 g/mol. The standard InChI is InChI=1S/C25H29ClFN6O8P/c1-13(2)39-22(36)14(3)32-42(37,41-15-7-5-4-6-8-15)38-12-17-19(34)25(29,9-10-26)23(40-17)33-11-16(27)18-20(33)30-24(28)31-21(18)35/h4-8,11,13-14,17,19,23,34H,12,29H2,1-3H3,(H,32,37)(H3,28,30,31,35)/t14-,17+,19-,23+,25?,42?/m0/s1. The van der Waals surface area contributed by atoms with Gasteiger partial charge in [-0.25, -0.2) is 8.96 Å². The third-order valence-electron chi connectivity index (χ3n) is 6.16. The molecule has 42 heavy (non-hydrogen) atoms. The Balaban J connectivity index is 1.64. The Morgan fingerprint density at radius 3 is 2.71 bits per heavy atom. The van der Waals surface area contributed by atoms with E-state index in [4.69, 9.17) is 41.6 Å². The first-order valence-corrected chi connectivity index (χ1v) is 14.5. The average Bonchev–Trinajstić information content (AvgIpc) is 3.36. The molecular weight excluding hydrogens is 598 g/mol. The van der Waals surface area contributed by atoms with Crippen LogP contribution in [0.2, 0.25) is 0 Å². The number of aromatic nitrogens is 3. The number of hydrogen-bond donors (Lipinski definition) is 5. The fourth-order valence-electron chi connectivity index (χ4n) is 4.26. The van der Waals surface area contributed by atoms with Crippen LogP contribution in [0.15, 0.2) is 41.3 Å². The normalized spacial score (nSPS) is 24.1. The molecular formula is C25H29ClFN6O8P. The van der Waals surface area contributed by atoms with Crippen LogP contribution >= 0.6 is 19.3 Å². The summed E-state index contributed by atoms with van der Waals surface area (Å²) in [6.07, 6.45) is -4.05. The third-order valence-corrected chi connectivity index (χ3v) is 7.90. The number of hydrogen-bond acceptors (Lipinski definition) is 11. The van der Waals surface area contributed by atoms with Crippen LogP contribution in [0.25, 0.3) is 11.0 Å². The van der Waals surface area contributed by atoms with E-state index in [1.54, 1.807) is 32.0 Å². The summed E-state index contributed by atoms with van der Waals surface area (Å²) in [6, 6.07) is 6.86. The number of rotatable bonds is 10. The molecule has 1 aliphatic rings. The zero-order valence-corrected chi connectivity index (χ0v) is 24.3. The van der Waals surface area contributed by atoms with E-state index in [1.807, 2.05) is 0 Å². The highest BCUT2D eigenvalue weighted by molar-refractivity contribution is 7.52. The SMILES string of the molecule is CC(C)OC(=O)[C@H](C)NP(=O)(OC[C@H]1O[C@@H](n2cc(F)c3c(=O)[nH]c(N)nc32)C(N)(C#CCl)[C@H]1O)Oc1ccccc1. The highest BCUT2D eigenvalue weighted by atomic mass is 35.5. The zero-order valence-electron chi connectivity index (χ0n) is 22.6. The van der Waals surface area contributed by atoms with Crippen LogP contribution in [0, 0.1) is 17.1 Å². The third kappa shape index (κ3) is 6.45. The molecule has 4 rings (SSSR count). The number of nitrogen functional groups attached to an aromatic ring is 1. The number of esters is 1. The van der Waals surface area contributed by atoms with Crippen LogP contribution in [0.5, 0.6) is 5.75 Å². The highest BCUT2D eigenvalue weighted by Crippen LogP contribution is 2.47. The van der Waals surface area contributed by atoms with Crippen molar-refractivity contribution in [1.82, 2.24) is 19.6 Å². The predicted molar refractivity (Wildman–Crippen MR) is 150 cm³/mol. The van der Waals surface area contributed by atoms with Crippen molar-refractivity contribution in [2.45, 2.75) is 56.9 Å². The second kappa shape index (κ2) is 12.4. The number of ether oxygens (including phenoxy) is 2. The van der Waals surface area contributed by atoms with E-state index in [2.05, 4.69) is 26.4 Å². The molecule has 2 aromatic heterocycles. The van der Waals surface area contributed by atoms with Crippen molar-refractivity contribution in [2.24, 2.45) is 5.73 Å². The number of nitrogens with one attached hydrogen (secondary N) is 2. The van der Waals surface area contributed by atoms with Crippen LogP contribution in [-0.4, -0.2) is 62.1 Å². The Morgan fingerprint density at radius 1 is 1.38 bits per heavy atom. The molecule has 1 fully saturated rings. The summed E-state index contributed by atoms with van der Waals surface area (Å²) >= 11 is 5.64. The van der Waals surface area contributed by atoms with Gasteiger partial charge >= 0.3 is 13.7 Å². The molecule has 1 aromatic carbocycles. The van der Waals surface area contributed by atoms with Gasteiger partial charge in [0.15, 0.2) is 23.2 Å². The fourth-order valence-corrected chi connectivity index (χ4v) is 5.93. The van der Waals surface area contributed by atoms with E-state index in [0.29, 0.717) is 0 Å². The number of nitrogens with two attached hydrogens (primary N) is 2. The van der Waals surface area contributed by atoms with Crippen LogP contribution in [0.4, 0.5) is 10.3 Å². The maximum Gasteiger partial charge on any atom is 0.459 e. The Bertz CT molecular complexity index is 1630. The lowest BCUT2D eigenvalue weighted by Crippen LogP contribution is -2.53. The molecule has 0 amide bonds. The number of aliphatic hydroxyl groups is 1. The molecule has 6 atom stereocenters. The molecule has 2 unspecified atom stereocenters. The van der Waals surface area contributed by atoms with Crippen molar-refractivity contribution in [1.29, 1.82) is 0 Å². The number of anilines is 1. The molecule has 17 heteroatoms. The molecule has 0 saturated carbocycles. The topological polar surface area (TPSA) is 206 Å². The van der Waals surface area contributed by atoms with Gasteiger partial charge in [0.2, 0.25) is 5.95 Å². The number of aromatic amines is 1. The number of benzene rings is 1. The van der Waals surface area contributed by atoms with Crippen molar-refractivity contribution in [3.8, 4) is 17.0 Å². The van der Waals surface area contributed by atoms with E-state index < -0.39 is 73.2 Å². The van der Waals surface area contributed by atoms with Gasteiger partial charge in [0.25, 0.3) is 5.56 Å². The number of halogens is 2. The lowest BCUT2D eigenvalue weighted by atomic mass is 9.92. The number of nitrogens with zero attached hydrogens (tertiary/aromatic N) is 2. The average molecular weight is 627 g/mol. The van der Waals surface area contributed by atoms with Crippen molar-refractivity contribution >= 4 is 42.3 Å². The van der Waals surface area contributed by atoms with Gasteiger partial charge in [-0.2, -0.15) is 10.1 Å². The minimum Gasteiger partial charge on any atom is -0.462 e. The van der Waals surface area contributed by atoms with Gasteiger partial charge in [0, 0.05) is 11.6 Å². The first-order valence-electron chi connectivity index (χ1n) is 12.6. The first kappa shape index (κ1) is 31.5. The van der Waals surface area contributed by atoms with Crippen LogP contribution in [0.3, 0.4) is 0 Å². The summed E-state index contributed by atoms with van der Waals surface area (Å²) in [5.74, 6) is 0.599. The zero-order chi connectivity index (χ0) is 30.8. The summed E-state index contributed by atoms with van der Waals surface area (Å²) in [6.45, 7) is 4.08. The predicted octanol–water partition coefficient (Wildman–Crippen LogP) is 1.73. The number of H-pyrrole nitrogens is 1. The maximum absolute atomic E-state index is 14.8. The van der Waals surface area contributed by atoms with E-state index in [1.165, 1.54) is 19.1 Å². The van der Waals surface area contributed by atoms with Crippen LogP contribution < -0.4 is 26.6 Å². The van der Waals surface area contributed by atoms with Gasteiger partial charge in [-0.05, 0) is 44.5 Å². The van der Waals surface area contributed by atoms with E-state index in [-0.39, 0.29) is 17.3 Å². The van der Waals surface area contributed by atoms with Crippen molar-refractivity contribution in [3.63, 3.8) is 0 Å². The molecule has 0 aliphatic carbocycles. The summed E-state index contributed by atoms with van der Waals surface area (Å²) in [5, 5.41) is 15.4.